The Kier molecular flexibility index (Phi) is 13.8. The van der Waals surface area contributed by atoms with Gasteiger partial charge in [-0.1, -0.05) is 48.6 Å². The van der Waals surface area contributed by atoms with Crippen LogP contribution in [0.3, 0.4) is 0 Å². The van der Waals surface area contributed by atoms with Crippen molar-refractivity contribution in [2.45, 2.75) is 27.0 Å². The molecule has 252 valence electrons. The van der Waals surface area contributed by atoms with Crippen LogP contribution in [0.2, 0.25) is 0 Å². The van der Waals surface area contributed by atoms with Gasteiger partial charge in [0.2, 0.25) is 11.8 Å². The molecule has 2 heterocycles. The van der Waals surface area contributed by atoms with E-state index in [1.807, 2.05) is 73.4 Å². The third kappa shape index (κ3) is 10.5. The molecule has 0 radical (unpaired) electrons. The number of halogens is 1. The summed E-state index contributed by atoms with van der Waals surface area (Å²) >= 11 is 0. The van der Waals surface area contributed by atoms with E-state index in [1.165, 1.54) is 5.56 Å². The van der Waals surface area contributed by atoms with Crippen LogP contribution in [0.5, 0.6) is 23.1 Å². The standard InChI is InChI=1S/C39H43N3O5.BrH/c1-29-24-34(13-18-38(43)42-21-19-41(20-22-42)27-32-9-7-31(8-10-32)6-5-23-44-3)25-30(2)39(29)47-37-17-16-36(26-40-37)46-28-33-11-14-35(45-4)15-12-33;/h5-18,24-26H,19-23,27-28H2,1-4H3;1H/b6-5?,18-13+;. The van der Waals surface area contributed by atoms with Gasteiger partial charge in [0, 0.05) is 52.0 Å². The fraction of sp³-hybridized carbons (Fsp3) is 0.282. The zero-order valence-corrected chi connectivity index (χ0v) is 29.8. The lowest BCUT2D eigenvalue weighted by atomic mass is 10.1. The van der Waals surface area contributed by atoms with E-state index in [2.05, 4.69) is 40.2 Å². The Morgan fingerprint density at radius 1 is 0.812 bits per heavy atom. The van der Waals surface area contributed by atoms with Gasteiger partial charge in [0.05, 0.1) is 19.9 Å². The molecule has 0 atom stereocenters. The molecule has 0 saturated carbocycles. The summed E-state index contributed by atoms with van der Waals surface area (Å²) < 4.78 is 22.3. The van der Waals surface area contributed by atoms with E-state index in [1.54, 1.807) is 32.6 Å². The van der Waals surface area contributed by atoms with Crippen molar-refractivity contribution in [3.63, 3.8) is 0 Å². The Bertz CT molecular complexity index is 1640. The largest absolute Gasteiger partial charge is 0.497 e. The van der Waals surface area contributed by atoms with E-state index in [0.717, 1.165) is 59.0 Å². The first-order valence-corrected chi connectivity index (χ1v) is 15.8. The number of piperazine rings is 1. The molecule has 0 spiro atoms. The number of nitrogens with zero attached hydrogens (tertiary/aromatic N) is 3. The van der Waals surface area contributed by atoms with Crippen LogP contribution >= 0.6 is 17.0 Å². The first-order chi connectivity index (χ1) is 22.9. The highest BCUT2D eigenvalue weighted by atomic mass is 79.9. The second kappa shape index (κ2) is 18.2. The SMILES string of the molecule is Br.COCC=Cc1ccc(CN2CCN(C(=O)/C=C/c3cc(C)c(Oc4ccc(OCc5ccc(OC)cc5)cn4)c(C)c3)CC2)cc1. The van der Waals surface area contributed by atoms with Gasteiger partial charge in [-0.3, -0.25) is 9.69 Å². The molecule has 0 unspecified atom stereocenters. The van der Waals surface area contributed by atoms with E-state index < -0.39 is 0 Å². The number of hydrogen-bond acceptors (Lipinski definition) is 7. The van der Waals surface area contributed by atoms with E-state index in [9.17, 15) is 4.79 Å². The molecule has 3 aromatic carbocycles. The van der Waals surface area contributed by atoms with Crippen molar-refractivity contribution in [1.82, 2.24) is 14.8 Å². The molecule has 1 saturated heterocycles. The lowest BCUT2D eigenvalue weighted by molar-refractivity contribution is -0.127. The summed E-state index contributed by atoms with van der Waals surface area (Å²) in [5.74, 6) is 2.74. The quantitative estimate of drug-likeness (QED) is 0.132. The summed E-state index contributed by atoms with van der Waals surface area (Å²) in [5, 5.41) is 0. The number of carbonyl (C=O) groups excluding carboxylic acids is 1. The Labute approximate surface area is 294 Å². The number of ether oxygens (including phenoxy) is 4. The molecule has 1 aromatic heterocycles. The number of rotatable bonds is 13. The fourth-order valence-electron chi connectivity index (χ4n) is 5.42. The molecule has 1 aliphatic heterocycles. The fourth-order valence-corrected chi connectivity index (χ4v) is 5.42. The highest BCUT2D eigenvalue weighted by Gasteiger charge is 2.20. The number of aromatic nitrogens is 1. The number of methoxy groups -OCH3 is 2. The maximum atomic E-state index is 13.0. The maximum Gasteiger partial charge on any atom is 0.246 e. The van der Waals surface area contributed by atoms with Crippen molar-refractivity contribution in [2.24, 2.45) is 0 Å². The zero-order valence-electron chi connectivity index (χ0n) is 28.1. The predicted molar refractivity (Wildman–Crippen MR) is 196 cm³/mol. The Morgan fingerprint density at radius 2 is 1.48 bits per heavy atom. The number of aryl methyl sites for hydroxylation is 2. The summed E-state index contributed by atoms with van der Waals surface area (Å²) in [5.41, 5.74) is 6.36. The Morgan fingerprint density at radius 3 is 2.10 bits per heavy atom. The molecule has 0 bridgehead atoms. The summed E-state index contributed by atoms with van der Waals surface area (Å²) in [4.78, 5) is 21.7. The molecule has 1 aliphatic rings. The van der Waals surface area contributed by atoms with Crippen molar-refractivity contribution in [3.05, 3.63) is 125 Å². The van der Waals surface area contributed by atoms with Crippen LogP contribution in [0.4, 0.5) is 0 Å². The normalized spacial score (nSPS) is 13.5. The number of benzene rings is 3. The second-order valence-corrected chi connectivity index (χ2v) is 11.6. The summed E-state index contributed by atoms with van der Waals surface area (Å²) in [6, 6.07) is 24.0. The van der Waals surface area contributed by atoms with Crippen LogP contribution < -0.4 is 14.2 Å². The van der Waals surface area contributed by atoms with E-state index in [-0.39, 0.29) is 22.9 Å². The minimum absolute atomic E-state index is 0. The van der Waals surface area contributed by atoms with Crippen molar-refractivity contribution >= 4 is 35.0 Å². The first kappa shape index (κ1) is 36.4. The van der Waals surface area contributed by atoms with Gasteiger partial charge in [-0.2, -0.15) is 0 Å². The molecular formula is C39H44BrN3O5. The van der Waals surface area contributed by atoms with Crippen molar-refractivity contribution in [2.75, 3.05) is 47.0 Å². The minimum atomic E-state index is 0. The molecule has 8 nitrogen and oxygen atoms in total. The van der Waals surface area contributed by atoms with Crippen molar-refractivity contribution < 1.29 is 23.7 Å². The van der Waals surface area contributed by atoms with Gasteiger partial charge in [-0.05, 0) is 83.6 Å². The smallest absolute Gasteiger partial charge is 0.246 e. The monoisotopic (exact) mass is 713 g/mol. The summed E-state index contributed by atoms with van der Waals surface area (Å²) in [7, 11) is 3.34. The summed E-state index contributed by atoms with van der Waals surface area (Å²) in [6.07, 6.45) is 9.29. The molecule has 9 heteroatoms. The number of pyridine rings is 1. The molecule has 0 N–H and O–H groups in total. The molecular weight excluding hydrogens is 670 g/mol. The lowest BCUT2D eigenvalue weighted by Crippen LogP contribution is -2.47. The van der Waals surface area contributed by atoms with Crippen LogP contribution in [0.1, 0.15) is 33.4 Å². The summed E-state index contributed by atoms with van der Waals surface area (Å²) in [6.45, 7) is 9.05. The van der Waals surface area contributed by atoms with Crippen LogP contribution in [-0.4, -0.2) is 67.7 Å². The lowest BCUT2D eigenvalue weighted by Gasteiger charge is -2.34. The van der Waals surface area contributed by atoms with Gasteiger partial charge in [0.15, 0.2) is 0 Å². The van der Waals surface area contributed by atoms with Gasteiger partial charge < -0.3 is 23.8 Å². The second-order valence-electron chi connectivity index (χ2n) is 11.6. The average Bonchev–Trinajstić information content (AvgIpc) is 3.10. The van der Waals surface area contributed by atoms with Gasteiger partial charge in [-0.25, -0.2) is 4.98 Å². The molecule has 1 amide bonds. The van der Waals surface area contributed by atoms with Crippen LogP contribution in [0.25, 0.3) is 12.2 Å². The van der Waals surface area contributed by atoms with Gasteiger partial charge >= 0.3 is 0 Å². The highest BCUT2D eigenvalue weighted by Crippen LogP contribution is 2.30. The first-order valence-electron chi connectivity index (χ1n) is 15.8. The number of hydrogen-bond donors (Lipinski definition) is 0. The minimum Gasteiger partial charge on any atom is -0.497 e. The topological polar surface area (TPSA) is 73.4 Å². The Hall–Kier alpha value is -4.44. The van der Waals surface area contributed by atoms with Crippen molar-refractivity contribution in [1.29, 1.82) is 0 Å². The van der Waals surface area contributed by atoms with Crippen LogP contribution in [-0.2, 0) is 22.7 Å². The third-order valence-electron chi connectivity index (χ3n) is 8.02. The molecule has 4 aromatic rings. The highest BCUT2D eigenvalue weighted by molar-refractivity contribution is 8.93. The molecule has 5 rings (SSSR count). The average molecular weight is 715 g/mol. The number of amides is 1. The van der Waals surface area contributed by atoms with Gasteiger partial charge in [0.1, 0.15) is 23.9 Å². The van der Waals surface area contributed by atoms with Crippen LogP contribution in [0.15, 0.2) is 91.1 Å². The van der Waals surface area contributed by atoms with Crippen molar-refractivity contribution in [3.8, 4) is 23.1 Å². The molecule has 0 aliphatic carbocycles. The van der Waals surface area contributed by atoms with Gasteiger partial charge in [0.25, 0.3) is 0 Å². The zero-order chi connectivity index (χ0) is 33.0. The van der Waals surface area contributed by atoms with E-state index in [4.69, 9.17) is 18.9 Å². The maximum absolute atomic E-state index is 13.0. The predicted octanol–water partition coefficient (Wildman–Crippen LogP) is 7.67. The molecule has 1 fully saturated rings. The third-order valence-corrected chi connectivity index (χ3v) is 8.02. The molecule has 48 heavy (non-hydrogen) atoms. The van der Waals surface area contributed by atoms with E-state index in [0.29, 0.717) is 37.9 Å². The van der Waals surface area contributed by atoms with Gasteiger partial charge in [-0.15, -0.1) is 17.0 Å². The number of carbonyl (C=O) groups is 1. The van der Waals surface area contributed by atoms with E-state index >= 15 is 0 Å². The van der Waals surface area contributed by atoms with Crippen LogP contribution in [0, 0.1) is 13.8 Å². The Balaban J connectivity index is 0.00000520.